The zero-order chi connectivity index (χ0) is 12.7. The Morgan fingerprint density at radius 3 is 2.72 bits per heavy atom. The predicted octanol–water partition coefficient (Wildman–Crippen LogP) is 3.88. The third-order valence-electron chi connectivity index (χ3n) is 2.81. The molecule has 0 aliphatic heterocycles. The van der Waals surface area contributed by atoms with Crippen LogP contribution >= 0.6 is 11.3 Å². The van der Waals surface area contributed by atoms with Gasteiger partial charge in [0.05, 0.1) is 11.1 Å². The first-order valence-electron chi connectivity index (χ1n) is 5.46. The number of aryl methyl sites for hydroxylation is 1. The Kier molecular flexibility index (Phi) is 2.41. The fourth-order valence-electron chi connectivity index (χ4n) is 1.93. The molecule has 0 amide bonds. The molecular formula is C13H10N2O2S. The average Bonchev–Trinajstić information content (AvgIpc) is 2.93. The lowest BCUT2D eigenvalue weighted by atomic mass is 10.2. The highest BCUT2D eigenvalue weighted by Crippen LogP contribution is 2.30. The van der Waals surface area contributed by atoms with Crippen molar-refractivity contribution in [2.24, 2.45) is 0 Å². The maximum atomic E-state index is 10.7. The molecule has 3 aromatic heterocycles. The topological polar surface area (TPSA) is 47.5 Å². The summed E-state index contributed by atoms with van der Waals surface area (Å²) in [4.78, 5) is 12.8. The molecule has 0 N–H and O–H groups in total. The maximum absolute atomic E-state index is 10.7. The molecule has 0 radical (unpaired) electrons. The quantitative estimate of drug-likeness (QED) is 0.517. The summed E-state index contributed by atoms with van der Waals surface area (Å²) < 4.78 is 1.79. The van der Waals surface area contributed by atoms with Gasteiger partial charge in [0.15, 0.2) is 0 Å². The monoisotopic (exact) mass is 258 g/mol. The molecular weight excluding hydrogens is 248 g/mol. The SMILES string of the molecule is Cc1ccc(-c2cc3ccc([N+](=O)[O-])cn3c2)s1. The molecule has 5 heteroatoms. The van der Waals surface area contributed by atoms with Gasteiger partial charge in [-0.1, -0.05) is 0 Å². The molecule has 0 atom stereocenters. The van der Waals surface area contributed by atoms with Crippen molar-refractivity contribution in [3.05, 3.63) is 57.7 Å². The first-order valence-corrected chi connectivity index (χ1v) is 6.28. The lowest BCUT2D eigenvalue weighted by Crippen LogP contribution is -1.90. The van der Waals surface area contributed by atoms with Crippen LogP contribution in [0.5, 0.6) is 0 Å². The highest BCUT2D eigenvalue weighted by molar-refractivity contribution is 7.15. The molecule has 0 spiro atoms. The van der Waals surface area contributed by atoms with E-state index in [4.69, 9.17) is 0 Å². The standard InChI is InChI=1S/C13H10N2O2S/c1-9-2-5-13(18-9)10-6-11-3-4-12(15(16)17)8-14(11)7-10/h2-8H,1H3. The van der Waals surface area contributed by atoms with Gasteiger partial charge in [-0.2, -0.15) is 0 Å². The van der Waals surface area contributed by atoms with E-state index in [0.29, 0.717) is 0 Å². The molecule has 0 saturated heterocycles. The number of nitro groups is 1. The summed E-state index contributed by atoms with van der Waals surface area (Å²) in [6, 6.07) is 9.48. The summed E-state index contributed by atoms with van der Waals surface area (Å²) >= 11 is 1.72. The fraction of sp³-hybridized carbons (Fsp3) is 0.0769. The fourth-order valence-corrected chi connectivity index (χ4v) is 2.78. The minimum Gasteiger partial charge on any atom is -0.317 e. The van der Waals surface area contributed by atoms with Gasteiger partial charge in [-0.25, -0.2) is 0 Å². The van der Waals surface area contributed by atoms with E-state index in [2.05, 4.69) is 19.1 Å². The number of nitrogens with zero attached hydrogens (tertiary/aromatic N) is 2. The Bertz CT molecular complexity index is 742. The molecule has 0 fully saturated rings. The van der Waals surface area contributed by atoms with Crippen molar-refractivity contribution >= 4 is 22.5 Å². The summed E-state index contributed by atoms with van der Waals surface area (Å²) in [7, 11) is 0. The lowest BCUT2D eigenvalue weighted by Gasteiger charge is -1.93. The predicted molar refractivity (Wildman–Crippen MR) is 72.1 cm³/mol. The first-order chi connectivity index (χ1) is 8.63. The minimum absolute atomic E-state index is 0.104. The second-order valence-corrected chi connectivity index (χ2v) is 5.40. The number of pyridine rings is 1. The Hall–Kier alpha value is -2.14. The molecule has 0 unspecified atom stereocenters. The highest BCUT2D eigenvalue weighted by Gasteiger charge is 2.09. The summed E-state index contributed by atoms with van der Waals surface area (Å²) in [5.74, 6) is 0. The van der Waals surface area contributed by atoms with E-state index in [1.165, 1.54) is 15.8 Å². The van der Waals surface area contributed by atoms with E-state index in [0.717, 1.165) is 11.1 Å². The molecule has 90 valence electrons. The van der Waals surface area contributed by atoms with Gasteiger partial charge in [0.2, 0.25) is 0 Å². The van der Waals surface area contributed by atoms with Gasteiger partial charge in [-0.15, -0.1) is 11.3 Å². The average molecular weight is 258 g/mol. The number of aromatic nitrogens is 1. The first kappa shape index (κ1) is 11.0. The lowest BCUT2D eigenvalue weighted by molar-refractivity contribution is -0.385. The third kappa shape index (κ3) is 1.78. The van der Waals surface area contributed by atoms with Gasteiger partial charge in [0.25, 0.3) is 5.69 Å². The van der Waals surface area contributed by atoms with E-state index >= 15 is 0 Å². The minimum atomic E-state index is -0.381. The van der Waals surface area contributed by atoms with Crippen LogP contribution in [0.2, 0.25) is 0 Å². The largest absolute Gasteiger partial charge is 0.317 e. The van der Waals surface area contributed by atoms with Gasteiger partial charge in [-0.05, 0) is 31.2 Å². The van der Waals surface area contributed by atoms with Gasteiger partial charge in [0.1, 0.15) is 0 Å². The number of thiophene rings is 1. The smallest absolute Gasteiger partial charge is 0.285 e. The van der Waals surface area contributed by atoms with Gasteiger partial charge in [0, 0.05) is 33.1 Å². The molecule has 0 aromatic carbocycles. The van der Waals surface area contributed by atoms with Crippen LogP contribution < -0.4 is 0 Å². The van der Waals surface area contributed by atoms with Gasteiger partial charge in [-0.3, -0.25) is 10.1 Å². The molecule has 18 heavy (non-hydrogen) atoms. The Balaban J connectivity index is 2.13. The Morgan fingerprint density at radius 1 is 1.22 bits per heavy atom. The molecule has 0 bridgehead atoms. The van der Waals surface area contributed by atoms with E-state index in [1.807, 2.05) is 12.3 Å². The molecule has 4 nitrogen and oxygen atoms in total. The van der Waals surface area contributed by atoms with Crippen molar-refractivity contribution in [2.45, 2.75) is 6.92 Å². The summed E-state index contributed by atoms with van der Waals surface area (Å²) in [5.41, 5.74) is 2.15. The summed E-state index contributed by atoms with van der Waals surface area (Å²) in [5, 5.41) is 10.7. The number of fused-ring (bicyclic) bond motifs is 1. The van der Waals surface area contributed by atoms with Crippen molar-refractivity contribution in [3.63, 3.8) is 0 Å². The number of rotatable bonds is 2. The van der Waals surface area contributed by atoms with Crippen LogP contribution in [-0.4, -0.2) is 9.32 Å². The van der Waals surface area contributed by atoms with Crippen molar-refractivity contribution in [1.29, 1.82) is 0 Å². The molecule has 3 rings (SSSR count). The van der Waals surface area contributed by atoms with E-state index in [9.17, 15) is 10.1 Å². The Labute approximate surface area is 107 Å². The van der Waals surface area contributed by atoms with Crippen LogP contribution in [0.1, 0.15) is 4.88 Å². The summed E-state index contributed by atoms with van der Waals surface area (Å²) in [6.45, 7) is 2.06. The van der Waals surface area contributed by atoms with Crippen LogP contribution in [0, 0.1) is 17.0 Å². The van der Waals surface area contributed by atoms with E-state index in [-0.39, 0.29) is 10.6 Å². The Morgan fingerprint density at radius 2 is 2.06 bits per heavy atom. The van der Waals surface area contributed by atoms with Crippen molar-refractivity contribution in [2.75, 3.05) is 0 Å². The third-order valence-corrected chi connectivity index (χ3v) is 3.86. The van der Waals surface area contributed by atoms with Crippen molar-refractivity contribution in [3.8, 4) is 10.4 Å². The highest BCUT2D eigenvalue weighted by atomic mass is 32.1. The maximum Gasteiger partial charge on any atom is 0.285 e. The van der Waals surface area contributed by atoms with Crippen LogP contribution in [0.25, 0.3) is 16.0 Å². The van der Waals surface area contributed by atoms with Gasteiger partial charge < -0.3 is 4.40 Å². The van der Waals surface area contributed by atoms with Crippen LogP contribution in [-0.2, 0) is 0 Å². The number of hydrogen-bond donors (Lipinski definition) is 0. The normalized spacial score (nSPS) is 10.9. The molecule has 0 aliphatic rings. The van der Waals surface area contributed by atoms with Crippen LogP contribution in [0.3, 0.4) is 0 Å². The number of hydrogen-bond acceptors (Lipinski definition) is 3. The van der Waals surface area contributed by atoms with Crippen LogP contribution in [0.15, 0.2) is 42.7 Å². The van der Waals surface area contributed by atoms with Crippen molar-refractivity contribution in [1.82, 2.24) is 4.40 Å². The van der Waals surface area contributed by atoms with Crippen molar-refractivity contribution < 1.29 is 4.92 Å². The molecule has 0 saturated carbocycles. The molecule has 3 aromatic rings. The van der Waals surface area contributed by atoms with Gasteiger partial charge >= 0.3 is 0 Å². The molecule has 0 aliphatic carbocycles. The molecule has 3 heterocycles. The zero-order valence-corrected chi connectivity index (χ0v) is 10.5. The summed E-state index contributed by atoms with van der Waals surface area (Å²) in [6.07, 6.45) is 3.47. The van der Waals surface area contributed by atoms with Crippen LogP contribution in [0.4, 0.5) is 5.69 Å². The second kappa shape index (κ2) is 3.96. The second-order valence-electron chi connectivity index (χ2n) is 4.12. The van der Waals surface area contributed by atoms with E-state index < -0.39 is 0 Å². The van der Waals surface area contributed by atoms with E-state index in [1.54, 1.807) is 28.0 Å². The zero-order valence-electron chi connectivity index (χ0n) is 9.66.